The van der Waals surface area contributed by atoms with Crippen LogP contribution in [0, 0.1) is 18.5 Å². The number of hydrogen-bond donors (Lipinski definition) is 0. The van der Waals surface area contributed by atoms with Crippen LogP contribution in [0.25, 0.3) is 83.1 Å². The molecule has 0 N–H and O–H groups in total. The Hall–Kier alpha value is -7.07. The van der Waals surface area contributed by atoms with Gasteiger partial charge < -0.3 is 13.9 Å². The number of benzene rings is 8. The summed E-state index contributed by atoms with van der Waals surface area (Å²) in [5.41, 5.74) is 4.58. The predicted molar refractivity (Wildman–Crippen MR) is 247 cm³/mol. The van der Waals surface area contributed by atoms with Gasteiger partial charge in [0.05, 0.1) is 30.4 Å². The summed E-state index contributed by atoms with van der Waals surface area (Å²) >= 11 is 0. The molecule has 3 aromatic heterocycles. The van der Waals surface area contributed by atoms with Crippen LogP contribution in [0.1, 0.15) is 40.0 Å². The maximum absolute atomic E-state index is 9.02. The summed E-state index contributed by atoms with van der Waals surface area (Å²) in [4.78, 5) is 4.87. The third-order valence-electron chi connectivity index (χ3n) is 11.0. The van der Waals surface area contributed by atoms with Gasteiger partial charge in [-0.2, -0.15) is 18.2 Å². The van der Waals surface area contributed by atoms with Gasteiger partial charge in [-0.15, -0.1) is 29.7 Å². The van der Waals surface area contributed by atoms with E-state index in [1.54, 1.807) is 39.5 Å². The first-order chi connectivity index (χ1) is 34.0. The Bertz CT molecular complexity index is 3910. The molecule has 0 amide bonds. The van der Waals surface area contributed by atoms with Crippen molar-refractivity contribution in [3.63, 3.8) is 0 Å². The molecule has 3 heterocycles. The molecule has 0 saturated carbocycles. The molecule has 11 rings (SSSR count). The Morgan fingerprint density at radius 2 is 1.34 bits per heavy atom. The van der Waals surface area contributed by atoms with E-state index in [2.05, 4.69) is 74.1 Å². The van der Waals surface area contributed by atoms with Crippen molar-refractivity contribution in [1.29, 1.82) is 0 Å². The van der Waals surface area contributed by atoms with Gasteiger partial charge in [0.15, 0.2) is 0 Å². The fraction of sp³-hybridized carbons (Fsp3) is 0.0714. The topological polar surface area (TPSA) is 35.9 Å². The largest absolute Gasteiger partial charge is 0.510 e. The van der Waals surface area contributed by atoms with Crippen molar-refractivity contribution in [2.45, 2.75) is 26.2 Å². The molecule has 0 aliphatic carbocycles. The summed E-state index contributed by atoms with van der Waals surface area (Å²) in [5.74, 6) is 1.54. The summed E-state index contributed by atoms with van der Waals surface area (Å²) in [5, 5.41) is 4.27. The van der Waals surface area contributed by atoms with Crippen LogP contribution in [0.15, 0.2) is 188 Å². The van der Waals surface area contributed by atoms with Crippen LogP contribution in [-0.4, -0.2) is 14.1 Å². The molecule has 0 radical (unpaired) electrons. The van der Waals surface area contributed by atoms with Crippen molar-refractivity contribution in [3.05, 3.63) is 212 Å². The van der Waals surface area contributed by atoms with Crippen molar-refractivity contribution >= 4 is 43.6 Å². The summed E-state index contributed by atoms with van der Waals surface area (Å²) < 4.78 is 99.1. The van der Waals surface area contributed by atoms with Gasteiger partial charge in [-0.3, -0.25) is 4.57 Å². The second-order valence-corrected chi connectivity index (χ2v) is 15.7. The Labute approximate surface area is 389 Å². The van der Waals surface area contributed by atoms with E-state index in [-0.39, 0.29) is 54.4 Å². The van der Waals surface area contributed by atoms with Crippen molar-refractivity contribution in [1.82, 2.24) is 14.1 Å². The Morgan fingerprint density at radius 3 is 2.10 bits per heavy atom. The van der Waals surface area contributed by atoms with E-state index < -0.39 is 60.4 Å². The Kier molecular flexibility index (Phi) is 7.43. The molecule has 302 valence electrons. The smallest absolute Gasteiger partial charge is 0.268 e. The average molecular weight is 990 g/mol. The molecule has 62 heavy (non-hydrogen) atoms. The monoisotopic (exact) mass is 989 g/mol. The molecular formula is C56H40N4OPt-2. The third kappa shape index (κ3) is 6.80. The molecule has 0 bridgehead atoms. The standard InChI is InChI=1S/C56H40N4O.Pt/c1-56(2,3)41-32-33-57-53(34-41)60-51-31-28-40-20-10-11-23-45(40)54(51)48-30-29-44(36-52(48)60)61-43-22-14-21-42(35-43)58-37-59(50-27-13-12-26-49(50)58)55-46(38-16-6-4-7-17-38)24-15-25-47(55)39-18-8-5-9-19-39;/h4-34H,1-3H3;/q-2;/i4D,5D,6D,7D,8D,9D,16D,17D,18D,19D;. The Balaban J connectivity index is 0.00000596. The van der Waals surface area contributed by atoms with Crippen molar-refractivity contribution in [2.75, 3.05) is 0 Å². The normalized spacial score (nSPS) is 13.9. The van der Waals surface area contributed by atoms with Gasteiger partial charge in [0.25, 0.3) is 6.33 Å². The van der Waals surface area contributed by atoms with Crippen molar-refractivity contribution in [2.24, 2.45) is 0 Å². The maximum atomic E-state index is 9.02. The maximum Gasteiger partial charge on any atom is 0.268 e. The number of aromatic nitrogens is 4. The molecule has 0 aliphatic heterocycles. The molecule has 0 atom stereocenters. The van der Waals surface area contributed by atoms with Gasteiger partial charge in [-0.1, -0.05) is 160 Å². The van der Waals surface area contributed by atoms with E-state index in [9.17, 15) is 0 Å². The number of para-hydroxylation sites is 3. The minimum absolute atomic E-state index is 0. The zero-order valence-corrected chi connectivity index (χ0v) is 35.9. The molecule has 8 aromatic carbocycles. The first kappa shape index (κ1) is 29.2. The molecule has 6 heteroatoms. The van der Waals surface area contributed by atoms with E-state index in [0.717, 1.165) is 44.0 Å². The Morgan fingerprint density at radius 1 is 0.645 bits per heavy atom. The first-order valence-electron chi connectivity index (χ1n) is 24.8. The molecule has 0 spiro atoms. The van der Waals surface area contributed by atoms with Gasteiger partial charge in [0.2, 0.25) is 0 Å². The molecule has 0 saturated heterocycles. The van der Waals surface area contributed by atoms with Gasteiger partial charge in [-0.05, 0) is 73.3 Å². The van der Waals surface area contributed by atoms with Crippen LogP contribution in [-0.2, 0) is 26.5 Å². The number of imidazole rings is 1. The van der Waals surface area contributed by atoms with Crippen LogP contribution >= 0.6 is 0 Å². The fourth-order valence-corrected chi connectivity index (χ4v) is 8.10. The summed E-state index contributed by atoms with van der Waals surface area (Å²) in [6, 6.07) is 39.8. The van der Waals surface area contributed by atoms with E-state index in [1.165, 1.54) is 0 Å². The molecule has 0 aliphatic rings. The van der Waals surface area contributed by atoms with E-state index in [1.807, 2.05) is 66.9 Å². The van der Waals surface area contributed by atoms with E-state index in [4.69, 9.17) is 23.4 Å². The van der Waals surface area contributed by atoms with E-state index >= 15 is 0 Å². The molecule has 0 unspecified atom stereocenters. The molecule has 5 nitrogen and oxygen atoms in total. The summed E-state index contributed by atoms with van der Waals surface area (Å²) in [6.07, 6.45) is 5.25. The van der Waals surface area contributed by atoms with Gasteiger partial charge in [-0.25, -0.2) is 4.98 Å². The number of fused-ring (bicyclic) bond motifs is 6. The van der Waals surface area contributed by atoms with Gasteiger partial charge >= 0.3 is 0 Å². The fourth-order valence-electron chi connectivity index (χ4n) is 8.10. The quantitative estimate of drug-likeness (QED) is 0.118. The number of pyridine rings is 1. The van der Waals surface area contributed by atoms with Gasteiger partial charge in [0.1, 0.15) is 5.82 Å². The summed E-state index contributed by atoms with van der Waals surface area (Å²) in [7, 11) is 0. The van der Waals surface area contributed by atoms with Crippen LogP contribution in [0.3, 0.4) is 0 Å². The third-order valence-corrected chi connectivity index (χ3v) is 11.0. The van der Waals surface area contributed by atoms with Gasteiger partial charge in [0, 0.05) is 44.3 Å². The predicted octanol–water partition coefficient (Wildman–Crippen LogP) is 13.4. The number of hydrogen-bond acceptors (Lipinski definition) is 2. The minimum atomic E-state index is -0.572. The molecule has 0 fully saturated rings. The van der Waals surface area contributed by atoms with Crippen LogP contribution in [0.4, 0.5) is 0 Å². The van der Waals surface area contributed by atoms with E-state index in [0.29, 0.717) is 28.2 Å². The number of rotatable bonds is 7. The number of nitrogens with zero attached hydrogens (tertiary/aromatic N) is 4. The minimum Gasteiger partial charge on any atom is -0.510 e. The zero-order chi connectivity index (χ0) is 49.8. The van der Waals surface area contributed by atoms with Crippen molar-refractivity contribution in [3.8, 4) is 50.9 Å². The first-order valence-corrected chi connectivity index (χ1v) is 19.8. The second-order valence-electron chi connectivity index (χ2n) is 15.7. The summed E-state index contributed by atoms with van der Waals surface area (Å²) in [6.45, 7) is 6.52. The van der Waals surface area contributed by atoms with Crippen LogP contribution < -0.4 is 9.30 Å². The van der Waals surface area contributed by atoms with Crippen LogP contribution in [0.5, 0.6) is 11.5 Å². The SMILES string of the molecule is [2H]c1c([2H])c([2H])c(-c2cccc(-c3c([2H])c([2H])c([2H])c([2H])c3[2H])c2-[n+]2[c-]n(-c3[c-]c(Oc4[c-]c5c(cc4)c4c6ccccc6ccc4n5-c4cc(C(C)(C)C)ccn4)ccc3)c3ccccc32)c([2H])c1[2H].[Pt]. The molecule has 11 aromatic rings. The van der Waals surface area contributed by atoms with Crippen LogP contribution in [0.2, 0.25) is 0 Å². The second kappa shape index (κ2) is 15.8. The average Bonchev–Trinajstić information content (AvgIpc) is 3.92. The zero-order valence-electron chi connectivity index (χ0n) is 43.6. The van der Waals surface area contributed by atoms with Crippen molar-refractivity contribution < 1.29 is 44.1 Å². The molecular weight excluding hydrogens is 940 g/mol. The number of ether oxygens (including phenoxy) is 1.